The second-order valence-electron chi connectivity index (χ2n) is 7.16. The number of amides is 1. The molecule has 3 N–H and O–H groups in total. The van der Waals surface area contributed by atoms with E-state index in [0.717, 1.165) is 0 Å². The number of rotatable bonds is 6. The van der Waals surface area contributed by atoms with Crippen molar-refractivity contribution in [3.05, 3.63) is 29.0 Å². The lowest BCUT2D eigenvalue weighted by atomic mass is 9.79. The lowest BCUT2D eigenvalue weighted by Crippen LogP contribution is -2.41. The molecule has 6 nitrogen and oxygen atoms in total. The molecule has 1 unspecified atom stereocenters. The van der Waals surface area contributed by atoms with Gasteiger partial charge < -0.3 is 15.4 Å². The molecule has 0 aliphatic heterocycles. The second kappa shape index (κ2) is 7.16. The fraction of sp³-hybridized carbons (Fsp3) is 0.500. The number of primary amides is 1. The van der Waals surface area contributed by atoms with Crippen molar-refractivity contribution in [2.24, 2.45) is 5.73 Å². The van der Waals surface area contributed by atoms with E-state index in [2.05, 4.69) is 4.98 Å². The summed E-state index contributed by atoms with van der Waals surface area (Å²) >= 11 is 6.20. The summed E-state index contributed by atoms with van der Waals surface area (Å²) in [5.41, 5.74) is 4.24. The number of carbonyl (C=O) groups is 2. The van der Waals surface area contributed by atoms with Crippen molar-refractivity contribution in [3.63, 3.8) is 0 Å². The lowest BCUT2D eigenvalue weighted by Gasteiger charge is -2.36. The third kappa shape index (κ3) is 4.27. The molecule has 2 aromatic heterocycles. The van der Waals surface area contributed by atoms with E-state index in [0.29, 0.717) is 11.0 Å². The average Bonchev–Trinajstić information content (AvgIpc) is 2.91. The minimum Gasteiger partial charge on any atom is -0.390 e. The molecule has 9 heteroatoms. The maximum absolute atomic E-state index is 13.6. The van der Waals surface area contributed by atoms with Gasteiger partial charge in [0, 0.05) is 42.6 Å². The van der Waals surface area contributed by atoms with Crippen molar-refractivity contribution in [1.29, 1.82) is 0 Å². The van der Waals surface area contributed by atoms with Gasteiger partial charge in [0.05, 0.1) is 10.6 Å². The zero-order chi connectivity index (χ0) is 19.8. The summed E-state index contributed by atoms with van der Waals surface area (Å²) in [7, 11) is 0. The number of hydrogen-bond donors (Lipinski definition) is 2. The Kier molecular flexibility index (Phi) is 5.22. The van der Waals surface area contributed by atoms with Gasteiger partial charge in [0.2, 0.25) is 5.91 Å². The summed E-state index contributed by atoms with van der Waals surface area (Å²) in [5.74, 6) is -3.88. The predicted molar refractivity (Wildman–Crippen MR) is 95.9 cm³/mol. The number of nitrogens with two attached hydrogens (primary N) is 1. The molecule has 0 aromatic carbocycles. The van der Waals surface area contributed by atoms with Crippen LogP contribution < -0.4 is 5.73 Å². The van der Waals surface area contributed by atoms with Crippen molar-refractivity contribution < 1.29 is 23.5 Å². The van der Waals surface area contributed by atoms with E-state index in [4.69, 9.17) is 17.3 Å². The Bertz CT molecular complexity index is 899. The maximum Gasteiger partial charge on any atom is 0.250 e. The van der Waals surface area contributed by atoms with Crippen LogP contribution >= 0.6 is 11.6 Å². The topological polar surface area (TPSA) is 98.2 Å². The van der Waals surface area contributed by atoms with Gasteiger partial charge in [-0.15, -0.1) is 0 Å². The van der Waals surface area contributed by atoms with Gasteiger partial charge in [-0.2, -0.15) is 0 Å². The summed E-state index contributed by atoms with van der Waals surface area (Å²) in [6.45, 7) is -0.173. The zero-order valence-electron chi connectivity index (χ0n) is 14.6. The van der Waals surface area contributed by atoms with Crippen molar-refractivity contribution in [2.45, 2.75) is 56.6 Å². The molecule has 0 radical (unpaired) electrons. The molecule has 146 valence electrons. The second-order valence-corrected chi connectivity index (χ2v) is 7.57. The quantitative estimate of drug-likeness (QED) is 0.729. The van der Waals surface area contributed by atoms with Crippen LogP contribution in [0.15, 0.2) is 18.5 Å². The predicted octanol–water partition coefficient (Wildman–Crippen LogP) is 3.08. The van der Waals surface area contributed by atoms with Gasteiger partial charge >= 0.3 is 0 Å². The largest absolute Gasteiger partial charge is 0.390 e. The van der Waals surface area contributed by atoms with E-state index in [1.165, 1.54) is 23.0 Å². The number of hydrogen-bond acceptors (Lipinski definition) is 4. The van der Waals surface area contributed by atoms with Crippen LogP contribution in [0.3, 0.4) is 0 Å². The minimum atomic E-state index is -2.92. The van der Waals surface area contributed by atoms with Crippen LogP contribution in [0.25, 0.3) is 11.0 Å². The maximum atomic E-state index is 13.6. The standard InChI is InChI=1S/C18H20ClF2N3O3/c19-12-3-7-23-16-15(12)11(8-24(16)9-14(22)26)13(25)2-6-17(27)4-1-5-18(20,21)10-17/h3,7-8,27H,1-2,4-6,9-10H2,(H2,22,26). The molecule has 1 aliphatic carbocycles. The lowest BCUT2D eigenvalue weighted by molar-refractivity contribution is -0.126. The number of Topliss-reactive ketones (excluding diaryl/α,β-unsaturated/α-hetero) is 1. The van der Waals surface area contributed by atoms with Gasteiger partial charge in [-0.1, -0.05) is 11.6 Å². The Morgan fingerprint density at radius 2 is 2.11 bits per heavy atom. The van der Waals surface area contributed by atoms with Gasteiger partial charge in [-0.05, 0) is 25.3 Å². The van der Waals surface area contributed by atoms with E-state index in [9.17, 15) is 23.5 Å². The van der Waals surface area contributed by atoms with Gasteiger partial charge in [0.15, 0.2) is 5.78 Å². The average molecular weight is 400 g/mol. The highest BCUT2D eigenvalue weighted by Gasteiger charge is 2.44. The highest BCUT2D eigenvalue weighted by atomic mass is 35.5. The number of carbonyl (C=O) groups excluding carboxylic acids is 2. The SMILES string of the molecule is NC(=O)Cn1cc(C(=O)CCC2(O)CCCC(F)(F)C2)c2c(Cl)ccnc21. The number of aromatic nitrogens is 2. The minimum absolute atomic E-state index is 0.0677. The van der Waals surface area contributed by atoms with E-state index in [1.54, 1.807) is 0 Å². The summed E-state index contributed by atoms with van der Waals surface area (Å²) in [6.07, 6.45) is 2.27. The molecule has 0 bridgehead atoms. The Morgan fingerprint density at radius 1 is 1.37 bits per heavy atom. The number of fused-ring (bicyclic) bond motifs is 1. The Hall–Kier alpha value is -2.06. The zero-order valence-corrected chi connectivity index (χ0v) is 15.3. The van der Waals surface area contributed by atoms with Crippen LogP contribution in [0.4, 0.5) is 8.78 Å². The number of halogens is 3. The summed E-state index contributed by atoms with van der Waals surface area (Å²) in [6, 6.07) is 1.52. The number of nitrogens with zero attached hydrogens (tertiary/aromatic N) is 2. The van der Waals surface area contributed by atoms with Crippen LogP contribution in [0.1, 0.15) is 48.9 Å². The highest BCUT2D eigenvalue weighted by molar-refractivity contribution is 6.36. The van der Waals surface area contributed by atoms with Crippen molar-refractivity contribution in [3.8, 4) is 0 Å². The first kappa shape index (κ1) is 19.7. The monoisotopic (exact) mass is 399 g/mol. The van der Waals surface area contributed by atoms with Crippen molar-refractivity contribution in [1.82, 2.24) is 9.55 Å². The van der Waals surface area contributed by atoms with Crippen LogP contribution in [0.2, 0.25) is 5.02 Å². The van der Waals surface area contributed by atoms with E-state index in [-0.39, 0.29) is 55.0 Å². The van der Waals surface area contributed by atoms with Gasteiger partial charge in [-0.25, -0.2) is 13.8 Å². The van der Waals surface area contributed by atoms with Crippen molar-refractivity contribution >= 4 is 34.3 Å². The molecular formula is C18H20ClF2N3O3. The molecule has 0 spiro atoms. The fourth-order valence-corrected chi connectivity index (χ4v) is 3.95. The molecule has 3 rings (SSSR count). The summed E-state index contributed by atoms with van der Waals surface area (Å²) < 4.78 is 28.7. The Morgan fingerprint density at radius 3 is 2.78 bits per heavy atom. The van der Waals surface area contributed by atoms with Crippen LogP contribution in [0.5, 0.6) is 0 Å². The molecule has 2 heterocycles. The fourth-order valence-electron chi connectivity index (χ4n) is 3.70. The molecule has 1 fully saturated rings. The first-order valence-electron chi connectivity index (χ1n) is 8.65. The van der Waals surface area contributed by atoms with E-state index in [1.807, 2.05) is 0 Å². The first-order chi connectivity index (χ1) is 12.6. The van der Waals surface area contributed by atoms with E-state index >= 15 is 0 Å². The van der Waals surface area contributed by atoms with Crippen LogP contribution in [0, 0.1) is 0 Å². The Balaban J connectivity index is 1.84. The third-order valence-corrected chi connectivity index (χ3v) is 5.24. The number of pyridine rings is 1. The molecule has 27 heavy (non-hydrogen) atoms. The third-order valence-electron chi connectivity index (χ3n) is 4.92. The molecular weight excluding hydrogens is 380 g/mol. The summed E-state index contributed by atoms with van der Waals surface area (Å²) in [5, 5.41) is 11.1. The molecule has 1 saturated carbocycles. The molecule has 2 aromatic rings. The smallest absolute Gasteiger partial charge is 0.250 e. The van der Waals surface area contributed by atoms with E-state index < -0.39 is 23.9 Å². The van der Waals surface area contributed by atoms with Crippen LogP contribution in [-0.4, -0.2) is 37.9 Å². The van der Waals surface area contributed by atoms with Crippen LogP contribution in [-0.2, 0) is 11.3 Å². The first-order valence-corrected chi connectivity index (χ1v) is 9.03. The summed E-state index contributed by atoms with van der Waals surface area (Å²) in [4.78, 5) is 28.2. The number of alkyl halides is 2. The van der Waals surface area contributed by atoms with Gasteiger partial charge in [-0.3, -0.25) is 9.59 Å². The van der Waals surface area contributed by atoms with Gasteiger partial charge in [0.1, 0.15) is 12.2 Å². The molecule has 1 amide bonds. The normalized spacial score (nSPS) is 22.1. The van der Waals surface area contributed by atoms with Gasteiger partial charge in [0.25, 0.3) is 5.92 Å². The number of ketones is 1. The molecule has 0 saturated heterocycles. The Labute approximate surface area is 159 Å². The molecule has 1 aliphatic rings. The molecule has 1 atom stereocenters. The van der Waals surface area contributed by atoms with Crippen molar-refractivity contribution in [2.75, 3.05) is 0 Å². The highest BCUT2D eigenvalue weighted by Crippen LogP contribution is 2.41. The number of aliphatic hydroxyl groups is 1.